The van der Waals surface area contributed by atoms with E-state index >= 15 is 0 Å². The third kappa shape index (κ3) is 5.69. The largest absolute Gasteiger partial charge is 0.354 e. The fourth-order valence-electron chi connectivity index (χ4n) is 3.73. The van der Waals surface area contributed by atoms with Crippen LogP contribution in [0.5, 0.6) is 0 Å². The molecular weight excluding hydrogens is 338 g/mol. The third-order valence-corrected chi connectivity index (χ3v) is 5.04. The fraction of sp³-hybridized carbons (Fsp3) is 0.778. The highest BCUT2D eigenvalue weighted by atomic mass is 35.5. The monoisotopic (exact) mass is 371 g/mol. The van der Waals surface area contributed by atoms with Crippen molar-refractivity contribution in [1.29, 1.82) is 0 Å². The summed E-state index contributed by atoms with van der Waals surface area (Å²) in [7, 11) is 2.04. The Morgan fingerprint density at radius 3 is 2.72 bits per heavy atom. The maximum atomic E-state index is 11.7. The van der Waals surface area contributed by atoms with Crippen LogP contribution in [0.4, 0.5) is 0 Å². The molecule has 0 aromatic carbocycles. The van der Waals surface area contributed by atoms with Gasteiger partial charge in [0.1, 0.15) is 0 Å². The number of carbonyl (C=O) groups is 1. The average Bonchev–Trinajstić information content (AvgIpc) is 2.89. The lowest BCUT2D eigenvalue weighted by Gasteiger charge is -2.36. The van der Waals surface area contributed by atoms with E-state index in [1.165, 1.54) is 29.8 Å². The van der Waals surface area contributed by atoms with E-state index in [1.54, 1.807) is 0 Å². The van der Waals surface area contributed by atoms with Crippen molar-refractivity contribution < 1.29 is 4.79 Å². The first kappa shape index (κ1) is 21.9. The Bertz CT molecular complexity index is 546. The molecule has 0 spiro atoms. The van der Waals surface area contributed by atoms with Gasteiger partial charge in [-0.1, -0.05) is 20.3 Å². The molecular formula is C18H34ClN5O. The van der Waals surface area contributed by atoms with E-state index in [0.717, 1.165) is 38.9 Å². The van der Waals surface area contributed by atoms with Gasteiger partial charge in [-0.3, -0.25) is 14.4 Å². The molecule has 1 saturated heterocycles. The van der Waals surface area contributed by atoms with E-state index in [9.17, 15) is 4.79 Å². The molecule has 1 aliphatic heterocycles. The maximum absolute atomic E-state index is 11.7. The van der Waals surface area contributed by atoms with Crippen LogP contribution >= 0.6 is 12.4 Å². The van der Waals surface area contributed by atoms with Crippen LogP contribution in [0.1, 0.15) is 56.5 Å². The van der Waals surface area contributed by atoms with Crippen LogP contribution in [0.25, 0.3) is 0 Å². The summed E-state index contributed by atoms with van der Waals surface area (Å²) in [5, 5.41) is 7.75. The molecule has 1 amide bonds. The van der Waals surface area contributed by atoms with Crippen LogP contribution in [0.3, 0.4) is 0 Å². The number of carbonyl (C=O) groups excluding carboxylic acids is 1. The molecule has 6 nitrogen and oxygen atoms in total. The lowest BCUT2D eigenvalue weighted by molar-refractivity contribution is -0.121. The zero-order valence-corrected chi connectivity index (χ0v) is 16.7. The van der Waals surface area contributed by atoms with Crippen molar-refractivity contribution in [3.8, 4) is 0 Å². The van der Waals surface area contributed by atoms with Crippen molar-refractivity contribution in [2.24, 2.45) is 12.8 Å². The minimum atomic E-state index is 0. The highest BCUT2D eigenvalue weighted by Crippen LogP contribution is 2.23. The molecule has 1 aromatic heterocycles. The zero-order chi connectivity index (χ0) is 17.5. The molecule has 25 heavy (non-hydrogen) atoms. The number of halogens is 1. The Balaban J connectivity index is 0.00000312. The second-order valence-electron chi connectivity index (χ2n) is 6.67. The number of aryl methyl sites for hydroxylation is 2. The minimum absolute atomic E-state index is 0. The predicted molar refractivity (Wildman–Crippen MR) is 104 cm³/mol. The van der Waals surface area contributed by atoms with Gasteiger partial charge in [0.15, 0.2) is 0 Å². The first-order valence-corrected chi connectivity index (χ1v) is 9.35. The summed E-state index contributed by atoms with van der Waals surface area (Å²) < 4.78 is 2.04. The molecule has 0 saturated carbocycles. The van der Waals surface area contributed by atoms with Crippen molar-refractivity contribution >= 4 is 18.3 Å². The van der Waals surface area contributed by atoms with Crippen LogP contribution in [-0.2, 0) is 31.2 Å². The van der Waals surface area contributed by atoms with E-state index in [4.69, 9.17) is 10.8 Å². The summed E-state index contributed by atoms with van der Waals surface area (Å²) >= 11 is 0. The second kappa shape index (κ2) is 10.8. The Morgan fingerprint density at radius 1 is 1.32 bits per heavy atom. The molecule has 1 fully saturated rings. The number of hydrogen-bond donors (Lipinski definition) is 2. The molecule has 3 N–H and O–H groups in total. The Hall–Kier alpha value is -1.11. The van der Waals surface area contributed by atoms with Gasteiger partial charge < -0.3 is 11.1 Å². The van der Waals surface area contributed by atoms with Crippen LogP contribution in [-0.4, -0.2) is 46.3 Å². The molecule has 1 atom stereocenters. The van der Waals surface area contributed by atoms with Crippen LogP contribution in [0.2, 0.25) is 0 Å². The fourth-order valence-corrected chi connectivity index (χ4v) is 3.73. The summed E-state index contributed by atoms with van der Waals surface area (Å²) in [6.07, 6.45) is 6.00. The molecule has 144 valence electrons. The number of piperidine rings is 1. The number of aromatic nitrogens is 2. The SMILES string of the molecule is CCc1nn(C)c(CC)c1CN1CCCCC1CNC(=O)CCN.Cl. The van der Waals surface area contributed by atoms with Gasteiger partial charge in [-0.2, -0.15) is 5.10 Å². The van der Waals surface area contributed by atoms with Gasteiger partial charge >= 0.3 is 0 Å². The van der Waals surface area contributed by atoms with Gasteiger partial charge in [-0.15, -0.1) is 12.4 Å². The Labute approximate surface area is 157 Å². The Kier molecular flexibility index (Phi) is 9.46. The average molecular weight is 372 g/mol. The molecule has 2 heterocycles. The van der Waals surface area contributed by atoms with Gasteiger partial charge in [0.2, 0.25) is 5.91 Å². The van der Waals surface area contributed by atoms with Gasteiger partial charge in [0, 0.05) is 50.4 Å². The van der Waals surface area contributed by atoms with E-state index in [2.05, 4.69) is 24.1 Å². The van der Waals surface area contributed by atoms with Crippen LogP contribution in [0.15, 0.2) is 0 Å². The molecule has 0 aliphatic carbocycles. The summed E-state index contributed by atoms with van der Waals surface area (Å²) in [5.41, 5.74) is 9.39. The molecule has 1 aliphatic rings. The topological polar surface area (TPSA) is 76.2 Å². The van der Waals surface area contributed by atoms with Crippen molar-refractivity contribution in [3.05, 3.63) is 17.0 Å². The van der Waals surface area contributed by atoms with Crippen LogP contribution in [0, 0.1) is 0 Å². The number of nitrogens with zero attached hydrogens (tertiary/aromatic N) is 3. The van der Waals surface area contributed by atoms with Gasteiger partial charge in [-0.25, -0.2) is 0 Å². The number of amides is 1. The number of hydrogen-bond acceptors (Lipinski definition) is 4. The van der Waals surface area contributed by atoms with Crippen molar-refractivity contribution in [2.75, 3.05) is 19.6 Å². The lowest BCUT2D eigenvalue weighted by Crippen LogP contribution is -2.46. The third-order valence-electron chi connectivity index (χ3n) is 5.04. The van der Waals surface area contributed by atoms with Crippen LogP contribution < -0.4 is 11.1 Å². The van der Waals surface area contributed by atoms with Crippen molar-refractivity contribution in [3.63, 3.8) is 0 Å². The molecule has 0 radical (unpaired) electrons. The highest BCUT2D eigenvalue weighted by Gasteiger charge is 2.25. The van der Waals surface area contributed by atoms with Crippen molar-refractivity contribution in [2.45, 2.75) is 65.0 Å². The highest BCUT2D eigenvalue weighted by molar-refractivity contribution is 5.85. The van der Waals surface area contributed by atoms with Crippen molar-refractivity contribution in [1.82, 2.24) is 20.0 Å². The summed E-state index contributed by atoms with van der Waals surface area (Å²) in [6, 6.07) is 0.412. The van der Waals surface area contributed by atoms with E-state index in [-0.39, 0.29) is 18.3 Å². The lowest BCUT2D eigenvalue weighted by atomic mass is 9.99. The maximum Gasteiger partial charge on any atom is 0.221 e. The minimum Gasteiger partial charge on any atom is -0.354 e. The quantitative estimate of drug-likeness (QED) is 0.730. The summed E-state index contributed by atoms with van der Waals surface area (Å²) in [6.45, 7) is 7.54. The predicted octanol–water partition coefficient (Wildman–Crippen LogP) is 1.79. The number of nitrogens with two attached hydrogens (primary N) is 1. The number of nitrogens with one attached hydrogen (secondary N) is 1. The van der Waals surface area contributed by atoms with E-state index < -0.39 is 0 Å². The van der Waals surface area contributed by atoms with Gasteiger partial charge in [0.05, 0.1) is 5.69 Å². The van der Waals surface area contributed by atoms with Gasteiger partial charge in [-0.05, 0) is 32.2 Å². The Morgan fingerprint density at radius 2 is 2.08 bits per heavy atom. The van der Waals surface area contributed by atoms with E-state index in [0.29, 0.717) is 19.0 Å². The summed E-state index contributed by atoms with van der Waals surface area (Å²) in [5.74, 6) is 0.0629. The van der Waals surface area contributed by atoms with E-state index in [1.807, 2.05) is 11.7 Å². The standard InChI is InChI=1S/C18H33N5O.ClH/c1-4-16-15(17(5-2)22(3)21-16)13-23-11-7-6-8-14(23)12-20-18(24)9-10-19;/h14H,4-13,19H2,1-3H3,(H,20,24);1H. The first-order valence-electron chi connectivity index (χ1n) is 9.35. The second-order valence-corrected chi connectivity index (χ2v) is 6.67. The number of likely N-dealkylation sites (tertiary alicyclic amines) is 1. The summed E-state index contributed by atoms with van der Waals surface area (Å²) in [4.78, 5) is 14.3. The molecule has 1 aromatic rings. The normalized spacial score (nSPS) is 18.0. The smallest absolute Gasteiger partial charge is 0.221 e. The first-order chi connectivity index (χ1) is 11.6. The van der Waals surface area contributed by atoms with Gasteiger partial charge in [0.25, 0.3) is 0 Å². The molecule has 0 bridgehead atoms. The molecule has 1 unspecified atom stereocenters. The number of rotatable bonds is 8. The zero-order valence-electron chi connectivity index (χ0n) is 15.9. The molecule has 7 heteroatoms. The molecule has 2 rings (SSSR count).